The first kappa shape index (κ1) is 15.4. The topological polar surface area (TPSA) is 50.4 Å². The molecule has 5 heteroatoms. The highest BCUT2D eigenvalue weighted by Gasteiger charge is 2.09. The van der Waals surface area contributed by atoms with E-state index in [1.807, 2.05) is 18.2 Å². The molecule has 0 saturated carbocycles. The summed E-state index contributed by atoms with van der Waals surface area (Å²) in [5.41, 5.74) is 2.96. The lowest BCUT2D eigenvalue weighted by atomic mass is 10.1. The number of benzene rings is 1. The van der Waals surface area contributed by atoms with Crippen LogP contribution in [-0.4, -0.2) is 19.1 Å². The maximum Gasteiger partial charge on any atom is 0.221 e. The molecule has 4 nitrogen and oxygen atoms in total. The number of anilines is 2. The molecule has 112 valence electrons. The molecule has 0 aliphatic rings. The number of amides is 1. The van der Waals surface area contributed by atoms with Crippen LogP contribution in [0.25, 0.3) is 0 Å². The Bertz CT molecular complexity index is 596. The van der Waals surface area contributed by atoms with Crippen molar-refractivity contribution in [3.63, 3.8) is 0 Å². The highest BCUT2D eigenvalue weighted by atomic mass is 32.1. The number of ether oxygens (including phenoxy) is 1. The number of carbonyl (C=O) groups is 1. The Morgan fingerprint density at radius 3 is 2.81 bits per heavy atom. The van der Waals surface area contributed by atoms with Gasteiger partial charge in [-0.15, -0.1) is 0 Å². The molecule has 0 radical (unpaired) electrons. The molecule has 2 N–H and O–H groups in total. The fourth-order valence-corrected chi connectivity index (χ4v) is 2.86. The average molecular weight is 304 g/mol. The molecule has 0 aliphatic heterocycles. The third-order valence-corrected chi connectivity index (χ3v) is 3.78. The first-order valence-corrected chi connectivity index (χ1v) is 7.76. The second-order valence-corrected chi connectivity index (χ2v) is 5.76. The van der Waals surface area contributed by atoms with Crippen molar-refractivity contribution in [2.24, 2.45) is 0 Å². The Labute approximate surface area is 129 Å². The monoisotopic (exact) mass is 304 g/mol. The van der Waals surface area contributed by atoms with Crippen LogP contribution in [0.4, 0.5) is 11.4 Å². The highest BCUT2D eigenvalue weighted by Crippen LogP contribution is 2.29. The molecule has 21 heavy (non-hydrogen) atoms. The Kier molecular flexibility index (Phi) is 5.22. The van der Waals surface area contributed by atoms with Crippen molar-refractivity contribution < 1.29 is 9.53 Å². The zero-order valence-corrected chi connectivity index (χ0v) is 13.3. The number of thiophene rings is 1. The second-order valence-electron chi connectivity index (χ2n) is 4.98. The second kappa shape index (κ2) is 7.13. The van der Waals surface area contributed by atoms with Crippen molar-refractivity contribution in [3.8, 4) is 5.75 Å². The summed E-state index contributed by atoms with van der Waals surface area (Å²) >= 11 is 1.70. The Balaban J connectivity index is 2.10. The van der Waals surface area contributed by atoms with Crippen molar-refractivity contribution in [3.05, 3.63) is 40.6 Å². The molecule has 1 aromatic heterocycles. The lowest BCUT2D eigenvalue weighted by Crippen LogP contribution is -2.18. The van der Waals surface area contributed by atoms with Crippen LogP contribution in [0.15, 0.2) is 35.0 Å². The Hall–Kier alpha value is -2.01. The minimum absolute atomic E-state index is 0.0857. The minimum atomic E-state index is -0.0857. The summed E-state index contributed by atoms with van der Waals surface area (Å²) in [4.78, 5) is 11.2. The zero-order chi connectivity index (χ0) is 15.2. The van der Waals surface area contributed by atoms with E-state index in [0.717, 1.165) is 23.5 Å². The predicted molar refractivity (Wildman–Crippen MR) is 88.4 cm³/mol. The van der Waals surface area contributed by atoms with E-state index in [4.69, 9.17) is 4.74 Å². The molecule has 1 atom stereocenters. The van der Waals surface area contributed by atoms with Crippen LogP contribution < -0.4 is 15.4 Å². The van der Waals surface area contributed by atoms with E-state index in [1.54, 1.807) is 18.4 Å². The van der Waals surface area contributed by atoms with E-state index in [1.165, 1.54) is 12.5 Å². The molecule has 0 fully saturated rings. The van der Waals surface area contributed by atoms with Crippen molar-refractivity contribution in [1.29, 1.82) is 0 Å². The molecule has 0 aliphatic carbocycles. The van der Waals surface area contributed by atoms with Crippen molar-refractivity contribution in [2.45, 2.75) is 26.3 Å². The average Bonchev–Trinajstić information content (AvgIpc) is 2.91. The van der Waals surface area contributed by atoms with E-state index < -0.39 is 0 Å². The van der Waals surface area contributed by atoms with Gasteiger partial charge in [-0.3, -0.25) is 4.79 Å². The lowest BCUT2D eigenvalue weighted by Gasteiger charge is -2.18. The Morgan fingerprint density at radius 2 is 2.19 bits per heavy atom. The SMILES string of the molecule is COc1ccc(NC(C)=O)cc1N[C@H](C)Cc1ccsc1. The smallest absolute Gasteiger partial charge is 0.221 e. The number of hydrogen-bond acceptors (Lipinski definition) is 4. The van der Waals surface area contributed by atoms with Gasteiger partial charge in [-0.25, -0.2) is 0 Å². The fourth-order valence-electron chi connectivity index (χ4n) is 2.18. The van der Waals surface area contributed by atoms with Crippen molar-refractivity contribution in [1.82, 2.24) is 0 Å². The van der Waals surface area contributed by atoms with Gasteiger partial charge in [0.1, 0.15) is 5.75 Å². The molecule has 0 saturated heterocycles. The van der Waals surface area contributed by atoms with Gasteiger partial charge in [0.2, 0.25) is 5.91 Å². The summed E-state index contributed by atoms with van der Waals surface area (Å²) in [6.45, 7) is 3.62. The molecular formula is C16H20N2O2S. The quantitative estimate of drug-likeness (QED) is 0.854. The first-order chi connectivity index (χ1) is 10.1. The Morgan fingerprint density at radius 1 is 1.38 bits per heavy atom. The largest absolute Gasteiger partial charge is 0.495 e. The van der Waals surface area contributed by atoms with Gasteiger partial charge in [-0.05, 0) is 53.9 Å². The maximum absolute atomic E-state index is 11.2. The van der Waals surface area contributed by atoms with Gasteiger partial charge >= 0.3 is 0 Å². The molecule has 2 rings (SSSR count). The summed E-state index contributed by atoms with van der Waals surface area (Å²) in [5, 5.41) is 10.5. The summed E-state index contributed by atoms with van der Waals surface area (Å²) in [6.07, 6.45) is 0.941. The van der Waals surface area contributed by atoms with Crippen LogP contribution in [0.3, 0.4) is 0 Å². The summed E-state index contributed by atoms with van der Waals surface area (Å²) in [6, 6.07) is 7.97. The van der Waals surface area contributed by atoms with Crippen LogP contribution in [0.2, 0.25) is 0 Å². The number of methoxy groups -OCH3 is 1. The highest BCUT2D eigenvalue weighted by molar-refractivity contribution is 7.07. The molecule has 2 aromatic rings. The third kappa shape index (κ3) is 4.49. The normalized spacial score (nSPS) is 11.8. The number of rotatable bonds is 6. The van der Waals surface area contributed by atoms with Crippen LogP contribution in [0.1, 0.15) is 19.4 Å². The first-order valence-electron chi connectivity index (χ1n) is 6.81. The minimum Gasteiger partial charge on any atom is -0.495 e. The molecule has 0 unspecified atom stereocenters. The number of hydrogen-bond donors (Lipinski definition) is 2. The van der Waals surface area contributed by atoms with E-state index >= 15 is 0 Å². The van der Waals surface area contributed by atoms with Gasteiger partial charge in [-0.1, -0.05) is 0 Å². The third-order valence-electron chi connectivity index (χ3n) is 3.04. The molecule has 0 bridgehead atoms. The predicted octanol–water partition coefficient (Wildman–Crippen LogP) is 3.76. The number of nitrogens with one attached hydrogen (secondary N) is 2. The fraction of sp³-hybridized carbons (Fsp3) is 0.312. The summed E-state index contributed by atoms with van der Waals surface area (Å²) < 4.78 is 5.37. The van der Waals surface area contributed by atoms with E-state index in [9.17, 15) is 4.79 Å². The van der Waals surface area contributed by atoms with Gasteiger partial charge in [0.05, 0.1) is 12.8 Å². The standard InChI is InChI=1S/C16H20N2O2S/c1-11(8-13-6-7-21-10-13)17-15-9-14(18-12(2)19)4-5-16(15)20-3/h4-7,9-11,17H,8H2,1-3H3,(H,18,19)/t11-/m1/s1. The van der Waals surface area contributed by atoms with Gasteiger partial charge < -0.3 is 15.4 Å². The molecule has 0 spiro atoms. The van der Waals surface area contributed by atoms with Crippen LogP contribution >= 0.6 is 11.3 Å². The van der Waals surface area contributed by atoms with Gasteiger partial charge in [-0.2, -0.15) is 11.3 Å². The van der Waals surface area contributed by atoms with E-state index in [-0.39, 0.29) is 11.9 Å². The summed E-state index contributed by atoms with van der Waals surface area (Å²) in [5.74, 6) is 0.679. The number of carbonyl (C=O) groups excluding carboxylic acids is 1. The van der Waals surface area contributed by atoms with Gasteiger partial charge in [0.25, 0.3) is 0 Å². The molecule has 1 amide bonds. The van der Waals surface area contributed by atoms with Crippen LogP contribution in [-0.2, 0) is 11.2 Å². The van der Waals surface area contributed by atoms with E-state index in [0.29, 0.717) is 0 Å². The molecule has 1 heterocycles. The van der Waals surface area contributed by atoms with Crippen LogP contribution in [0.5, 0.6) is 5.75 Å². The van der Waals surface area contributed by atoms with Crippen LogP contribution in [0, 0.1) is 0 Å². The molecular weight excluding hydrogens is 284 g/mol. The van der Waals surface area contributed by atoms with Crippen molar-refractivity contribution >= 4 is 28.6 Å². The van der Waals surface area contributed by atoms with E-state index in [2.05, 4.69) is 34.4 Å². The maximum atomic E-state index is 11.2. The van der Waals surface area contributed by atoms with Gasteiger partial charge in [0, 0.05) is 18.7 Å². The zero-order valence-electron chi connectivity index (χ0n) is 12.5. The van der Waals surface area contributed by atoms with Crippen molar-refractivity contribution in [2.75, 3.05) is 17.7 Å². The molecule has 1 aromatic carbocycles. The van der Waals surface area contributed by atoms with Gasteiger partial charge in [0.15, 0.2) is 0 Å². The summed E-state index contributed by atoms with van der Waals surface area (Å²) in [7, 11) is 1.64. The lowest BCUT2D eigenvalue weighted by molar-refractivity contribution is -0.114.